The molecule has 0 unspecified atom stereocenters. The summed E-state index contributed by atoms with van der Waals surface area (Å²) in [5, 5.41) is 0. The molecule has 0 bridgehead atoms. The molecular formula is C14H23O7P. The molecule has 0 heterocycles. The molecule has 0 spiro atoms. The molecule has 0 aromatic heterocycles. The largest absolute Gasteiger partial charge is 0.491 e. The zero-order valence-electron chi connectivity index (χ0n) is 12.6. The van der Waals surface area contributed by atoms with Gasteiger partial charge in [0.2, 0.25) is 0 Å². The van der Waals surface area contributed by atoms with Crippen molar-refractivity contribution in [2.75, 3.05) is 39.6 Å². The Morgan fingerprint density at radius 3 is 2.00 bits per heavy atom. The minimum absolute atomic E-state index is 0.106. The topological polar surface area (TPSA) is 94.5 Å². The van der Waals surface area contributed by atoms with E-state index in [0.29, 0.717) is 26.4 Å². The number of rotatable bonds is 12. The van der Waals surface area contributed by atoms with E-state index in [1.54, 1.807) is 0 Å². The summed E-state index contributed by atoms with van der Waals surface area (Å²) in [6, 6.07) is 7.93. The lowest BCUT2D eigenvalue weighted by Gasteiger charge is -2.08. The first-order chi connectivity index (χ1) is 10.5. The van der Waals surface area contributed by atoms with Crippen LogP contribution in [0.4, 0.5) is 0 Å². The Kier molecular flexibility index (Phi) is 9.31. The lowest BCUT2D eigenvalue weighted by molar-refractivity contribution is 0.0241. The second-order valence-electron chi connectivity index (χ2n) is 4.39. The summed E-state index contributed by atoms with van der Waals surface area (Å²) in [7, 11) is -4.40. The van der Waals surface area contributed by atoms with E-state index in [1.807, 2.05) is 24.3 Å². The van der Waals surface area contributed by atoms with Crippen LogP contribution in [-0.2, 0) is 25.0 Å². The van der Waals surface area contributed by atoms with E-state index < -0.39 is 7.82 Å². The van der Waals surface area contributed by atoms with Crippen LogP contribution in [0, 0.1) is 0 Å². The molecule has 0 fully saturated rings. The van der Waals surface area contributed by atoms with E-state index in [9.17, 15) is 4.57 Å². The molecule has 0 aliphatic heterocycles. The molecule has 0 amide bonds. The molecule has 0 saturated carbocycles. The molecule has 7 nitrogen and oxygen atoms in total. The summed E-state index contributed by atoms with van der Waals surface area (Å²) in [4.78, 5) is 16.9. The predicted octanol–water partition coefficient (Wildman–Crippen LogP) is 1.77. The van der Waals surface area contributed by atoms with Crippen LogP contribution in [0.1, 0.15) is 12.5 Å². The van der Waals surface area contributed by atoms with Crippen LogP contribution >= 0.6 is 7.82 Å². The molecule has 1 rings (SSSR count). The lowest BCUT2D eigenvalue weighted by atomic mass is 10.2. The van der Waals surface area contributed by atoms with Crippen molar-refractivity contribution in [2.45, 2.75) is 13.3 Å². The minimum atomic E-state index is -4.40. The van der Waals surface area contributed by atoms with E-state index in [-0.39, 0.29) is 13.2 Å². The van der Waals surface area contributed by atoms with Crippen LogP contribution in [0.2, 0.25) is 0 Å². The molecule has 126 valence electrons. The van der Waals surface area contributed by atoms with Gasteiger partial charge in [-0.3, -0.25) is 4.52 Å². The summed E-state index contributed by atoms with van der Waals surface area (Å²) in [6.07, 6.45) is 1.00. The van der Waals surface area contributed by atoms with Gasteiger partial charge in [-0.05, 0) is 24.1 Å². The average Bonchev–Trinajstić information content (AvgIpc) is 2.48. The van der Waals surface area contributed by atoms with Crippen LogP contribution in [0.15, 0.2) is 24.3 Å². The van der Waals surface area contributed by atoms with Gasteiger partial charge in [0.1, 0.15) is 12.4 Å². The van der Waals surface area contributed by atoms with Crippen molar-refractivity contribution in [3.8, 4) is 5.75 Å². The number of ether oxygens (including phenoxy) is 3. The zero-order chi connectivity index (χ0) is 16.3. The first kappa shape index (κ1) is 19.1. The third-order valence-corrected chi connectivity index (χ3v) is 3.21. The smallest absolute Gasteiger partial charge is 0.469 e. The Morgan fingerprint density at radius 2 is 1.45 bits per heavy atom. The van der Waals surface area contributed by atoms with E-state index in [0.717, 1.165) is 12.2 Å². The maximum Gasteiger partial charge on any atom is 0.469 e. The molecule has 1 aromatic carbocycles. The fourth-order valence-corrected chi connectivity index (χ4v) is 1.89. The maximum atomic E-state index is 10.4. The summed E-state index contributed by atoms with van der Waals surface area (Å²) in [5.41, 5.74) is 1.27. The number of aryl methyl sites for hydroxylation is 1. The molecule has 8 heteroatoms. The van der Waals surface area contributed by atoms with Gasteiger partial charge in [0.15, 0.2) is 0 Å². The Morgan fingerprint density at radius 1 is 0.909 bits per heavy atom. The quantitative estimate of drug-likeness (QED) is 0.444. The molecular weight excluding hydrogens is 311 g/mol. The first-order valence-electron chi connectivity index (χ1n) is 7.08. The highest BCUT2D eigenvalue weighted by atomic mass is 31.2. The van der Waals surface area contributed by atoms with Crippen molar-refractivity contribution in [3.05, 3.63) is 29.8 Å². The number of hydrogen-bond acceptors (Lipinski definition) is 5. The highest BCUT2D eigenvalue weighted by Gasteiger charge is 2.12. The van der Waals surface area contributed by atoms with Gasteiger partial charge in [0, 0.05) is 0 Å². The standard InChI is InChI=1S/C14H23O7P/c1-2-13-3-5-14(6-4-13)20-11-9-18-7-8-19-10-12-21-22(15,16)17/h3-6H,2,7-12H2,1H3,(H2,15,16,17). The normalized spacial score (nSPS) is 11.6. The van der Waals surface area contributed by atoms with E-state index >= 15 is 0 Å². The van der Waals surface area contributed by atoms with E-state index in [4.69, 9.17) is 24.0 Å². The fraction of sp³-hybridized carbons (Fsp3) is 0.571. The van der Waals surface area contributed by atoms with Crippen molar-refractivity contribution >= 4 is 7.82 Å². The molecule has 0 aliphatic rings. The molecule has 1 aromatic rings. The first-order valence-corrected chi connectivity index (χ1v) is 8.61. The highest BCUT2D eigenvalue weighted by Crippen LogP contribution is 2.35. The second-order valence-corrected chi connectivity index (χ2v) is 5.63. The third kappa shape index (κ3) is 9.89. The molecule has 0 radical (unpaired) electrons. The third-order valence-electron chi connectivity index (χ3n) is 2.69. The second kappa shape index (κ2) is 10.7. The Bertz CT molecular complexity index is 443. The van der Waals surface area contributed by atoms with Crippen LogP contribution in [0.25, 0.3) is 0 Å². The molecule has 2 N–H and O–H groups in total. The van der Waals surface area contributed by atoms with Gasteiger partial charge in [-0.1, -0.05) is 19.1 Å². The highest BCUT2D eigenvalue weighted by molar-refractivity contribution is 7.46. The van der Waals surface area contributed by atoms with Gasteiger partial charge in [-0.2, -0.15) is 0 Å². The van der Waals surface area contributed by atoms with Gasteiger partial charge in [0.25, 0.3) is 0 Å². The minimum Gasteiger partial charge on any atom is -0.491 e. The SMILES string of the molecule is CCc1ccc(OCCOCCOCCOP(=O)(O)O)cc1. The van der Waals surface area contributed by atoms with Gasteiger partial charge in [0.05, 0.1) is 33.0 Å². The van der Waals surface area contributed by atoms with Crippen molar-refractivity contribution in [2.24, 2.45) is 0 Å². The van der Waals surface area contributed by atoms with Crippen molar-refractivity contribution in [1.29, 1.82) is 0 Å². The lowest BCUT2D eigenvalue weighted by Crippen LogP contribution is -2.12. The van der Waals surface area contributed by atoms with Crippen molar-refractivity contribution in [3.63, 3.8) is 0 Å². The fourth-order valence-electron chi connectivity index (χ4n) is 1.58. The van der Waals surface area contributed by atoms with Crippen LogP contribution < -0.4 is 4.74 Å². The van der Waals surface area contributed by atoms with Gasteiger partial charge >= 0.3 is 7.82 Å². The summed E-state index contributed by atoms with van der Waals surface area (Å²) < 4.78 is 30.5. The van der Waals surface area contributed by atoms with Gasteiger partial charge in [-0.15, -0.1) is 0 Å². The predicted molar refractivity (Wildman–Crippen MR) is 80.9 cm³/mol. The van der Waals surface area contributed by atoms with Crippen LogP contribution in [0.3, 0.4) is 0 Å². The number of phosphoric acid groups is 1. The molecule has 0 aliphatic carbocycles. The Hall–Kier alpha value is -0.950. The number of hydrogen-bond donors (Lipinski definition) is 2. The van der Waals surface area contributed by atoms with Gasteiger partial charge < -0.3 is 24.0 Å². The molecule has 22 heavy (non-hydrogen) atoms. The number of phosphoric ester groups is 1. The van der Waals surface area contributed by atoms with Crippen molar-refractivity contribution in [1.82, 2.24) is 0 Å². The van der Waals surface area contributed by atoms with Crippen LogP contribution in [0.5, 0.6) is 5.75 Å². The Balaban J connectivity index is 1.92. The van der Waals surface area contributed by atoms with E-state index in [2.05, 4.69) is 11.4 Å². The molecule has 0 saturated heterocycles. The van der Waals surface area contributed by atoms with E-state index in [1.165, 1.54) is 5.56 Å². The van der Waals surface area contributed by atoms with Crippen molar-refractivity contribution < 1.29 is 33.1 Å². The molecule has 0 atom stereocenters. The average molecular weight is 334 g/mol. The Labute approximate surface area is 130 Å². The zero-order valence-corrected chi connectivity index (χ0v) is 13.5. The van der Waals surface area contributed by atoms with Gasteiger partial charge in [-0.25, -0.2) is 4.57 Å². The summed E-state index contributed by atoms with van der Waals surface area (Å²) in [5.74, 6) is 0.812. The summed E-state index contributed by atoms with van der Waals surface area (Å²) in [6.45, 7) is 3.66. The maximum absolute atomic E-state index is 10.4. The monoisotopic (exact) mass is 334 g/mol. The summed E-state index contributed by atoms with van der Waals surface area (Å²) >= 11 is 0. The number of benzene rings is 1. The van der Waals surface area contributed by atoms with Crippen LogP contribution in [-0.4, -0.2) is 49.4 Å².